The molecule has 0 saturated carbocycles. The van der Waals surface area contributed by atoms with E-state index in [4.69, 9.17) is 28.3 Å². The van der Waals surface area contributed by atoms with Gasteiger partial charge in [-0.05, 0) is 12.1 Å². The standard InChI is InChI=1S/C10H5Cl2NO3/c11-4-1-6(12)8-7(2-4)13-3-5(9(8)14)10(15)16/h1-3H,(H,13,14)(H,15,16). The largest absolute Gasteiger partial charge is 0.477 e. The SMILES string of the molecule is O=C(O)c1c[nH]c2cc(Cl)cc(Cl)c2c1=O. The van der Waals surface area contributed by atoms with Crippen LogP contribution in [0.15, 0.2) is 23.1 Å². The van der Waals surface area contributed by atoms with E-state index in [1.54, 1.807) is 0 Å². The van der Waals surface area contributed by atoms with Crippen LogP contribution in [0.5, 0.6) is 0 Å². The Hall–Kier alpha value is -1.52. The molecule has 2 N–H and O–H groups in total. The van der Waals surface area contributed by atoms with Gasteiger partial charge in [-0.25, -0.2) is 4.79 Å². The van der Waals surface area contributed by atoms with Crippen molar-refractivity contribution in [2.24, 2.45) is 0 Å². The van der Waals surface area contributed by atoms with Crippen LogP contribution in [0.4, 0.5) is 0 Å². The number of fused-ring (bicyclic) bond motifs is 1. The first-order valence-electron chi connectivity index (χ1n) is 4.24. The Kier molecular flexibility index (Phi) is 2.61. The number of carboxylic acids is 1. The Morgan fingerprint density at radius 2 is 2.00 bits per heavy atom. The molecule has 0 atom stereocenters. The second-order valence-electron chi connectivity index (χ2n) is 3.15. The van der Waals surface area contributed by atoms with Crippen molar-refractivity contribution >= 4 is 40.1 Å². The highest BCUT2D eigenvalue weighted by Gasteiger charge is 2.13. The minimum Gasteiger partial charge on any atom is -0.477 e. The summed E-state index contributed by atoms with van der Waals surface area (Å²) in [6, 6.07) is 2.90. The fraction of sp³-hybridized carbons (Fsp3) is 0. The molecule has 1 aromatic carbocycles. The number of hydrogen-bond acceptors (Lipinski definition) is 2. The summed E-state index contributed by atoms with van der Waals surface area (Å²) in [5, 5.41) is 9.41. The van der Waals surface area contributed by atoms with Crippen molar-refractivity contribution in [3.05, 3.63) is 44.2 Å². The zero-order valence-electron chi connectivity index (χ0n) is 7.75. The molecule has 0 aliphatic heterocycles. The predicted octanol–water partition coefficient (Wildman–Crippen LogP) is 2.53. The molecule has 0 bridgehead atoms. The minimum atomic E-state index is -1.30. The van der Waals surface area contributed by atoms with Gasteiger partial charge in [0, 0.05) is 11.2 Å². The van der Waals surface area contributed by atoms with Gasteiger partial charge < -0.3 is 10.1 Å². The number of aromatic nitrogens is 1. The first kappa shape index (κ1) is 11.0. The highest BCUT2D eigenvalue weighted by molar-refractivity contribution is 6.38. The Balaban J connectivity index is 2.95. The second-order valence-corrected chi connectivity index (χ2v) is 3.99. The number of halogens is 2. The van der Waals surface area contributed by atoms with Crippen molar-refractivity contribution in [1.82, 2.24) is 4.98 Å². The molecule has 6 heteroatoms. The van der Waals surface area contributed by atoms with Crippen LogP contribution in [0.25, 0.3) is 10.9 Å². The summed E-state index contributed by atoms with van der Waals surface area (Å²) in [5.41, 5.74) is -0.563. The molecule has 1 heterocycles. The van der Waals surface area contributed by atoms with Gasteiger partial charge in [-0.3, -0.25) is 4.79 Å². The number of aromatic amines is 1. The summed E-state index contributed by atoms with van der Waals surface area (Å²) in [6.45, 7) is 0. The van der Waals surface area contributed by atoms with Gasteiger partial charge in [-0.15, -0.1) is 0 Å². The van der Waals surface area contributed by atoms with Crippen molar-refractivity contribution in [3.8, 4) is 0 Å². The lowest BCUT2D eigenvalue weighted by Crippen LogP contribution is -2.15. The zero-order chi connectivity index (χ0) is 11.9. The van der Waals surface area contributed by atoms with Crippen LogP contribution >= 0.6 is 23.2 Å². The van der Waals surface area contributed by atoms with Crippen molar-refractivity contribution in [1.29, 1.82) is 0 Å². The van der Waals surface area contributed by atoms with Gasteiger partial charge in [0.2, 0.25) is 5.43 Å². The fourth-order valence-electron chi connectivity index (χ4n) is 1.43. The Labute approximate surface area is 99.4 Å². The smallest absolute Gasteiger partial charge is 0.341 e. The molecule has 2 rings (SSSR count). The van der Waals surface area contributed by atoms with E-state index in [0.29, 0.717) is 10.5 Å². The normalized spacial score (nSPS) is 10.6. The number of rotatable bonds is 1. The molecule has 0 aliphatic rings. The van der Waals surface area contributed by atoms with Crippen LogP contribution in [0.2, 0.25) is 10.0 Å². The maximum atomic E-state index is 11.8. The third kappa shape index (κ3) is 1.66. The summed E-state index contributed by atoms with van der Waals surface area (Å²) < 4.78 is 0. The first-order chi connectivity index (χ1) is 7.50. The summed E-state index contributed by atoms with van der Waals surface area (Å²) in [7, 11) is 0. The van der Waals surface area contributed by atoms with Gasteiger partial charge in [-0.2, -0.15) is 0 Å². The molecule has 16 heavy (non-hydrogen) atoms. The highest BCUT2D eigenvalue weighted by Crippen LogP contribution is 2.24. The van der Waals surface area contributed by atoms with E-state index < -0.39 is 11.4 Å². The van der Waals surface area contributed by atoms with E-state index in [0.717, 1.165) is 6.20 Å². The zero-order valence-corrected chi connectivity index (χ0v) is 9.26. The van der Waals surface area contributed by atoms with Gasteiger partial charge in [0.05, 0.1) is 15.9 Å². The lowest BCUT2D eigenvalue weighted by Gasteiger charge is -2.02. The molecule has 0 aliphatic carbocycles. The average molecular weight is 258 g/mol. The topological polar surface area (TPSA) is 70.2 Å². The summed E-state index contributed by atoms with van der Waals surface area (Å²) in [4.78, 5) is 25.2. The van der Waals surface area contributed by atoms with Gasteiger partial charge in [0.25, 0.3) is 0 Å². The van der Waals surface area contributed by atoms with E-state index in [-0.39, 0.29) is 16.0 Å². The molecule has 0 saturated heterocycles. The quantitative estimate of drug-likeness (QED) is 0.825. The van der Waals surface area contributed by atoms with Gasteiger partial charge in [-0.1, -0.05) is 23.2 Å². The van der Waals surface area contributed by atoms with Gasteiger partial charge in [0.1, 0.15) is 5.56 Å². The molecule has 0 spiro atoms. The number of hydrogen-bond donors (Lipinski definition) is 2. The number of nitrogens with one attached hydrogen (secondary N) is 1. The monoisotopic (exact) mass is 257 g/mol. The predicted molar refractivity (Wildman–Crippen MR) is 61.5 cm³/mol. The van der Waals surface area contributed by atoms with Crippen LogP contribution in [-0.4, -0.2) is 16.1 Å². The van der Waals surface area contributed by atoms with Crippen LogP contribution in [0, 0.1) is 0 Å². The van der Waals surface area contributed by atoms with Crippen molar-refractivity contribution < 1.29 is 9.90 Å². The summed E-state index contributed by atoms with van der Waals surface area (Å²) in [6.07, 6.45) is 1.12. The maximum Gasteiger partial charge on any atom is 0.341 e. The van der Waals surface area contributed by atoms with Crippen LogP contribution in [0.3, 0.4) is 0 Å². The molecule has 0 fully saturated rings. The molecular formula is C10H5Cl2NO3. The lowest BCUT2D eigenvalue weighted by atomic mass is 10.1. The van der Waals surface area contributed by atoms with Crippen molar-refractivity contribution in [3.63, 3.8) is 0 Å². The highest BCUT2D eigenvalue weighted by atomic mass is 35.5. The van der Waals surface area contributed by atoms with E-state index in [1.165, 1.54) is 12.1 Å². The summed E-state index contributed by atoms with van der Waals surface area (Å²) >= 11 is 11.6. The minimum absolute atomic E-state index is 0.131. The van der Waals surface area contributed by atoms with Crippen LogP contribution in [-0.2, 0) is 0 Å². The van der Waals surface area contributed by atoms with E-state index in [1.807, 2.05) is 0 Å². The van der Waals surface area contributed by atoms with Gasteiger partial charge >= 0.3 is 5.97 Å². The molecular weight excluding hydrogens is 253 g/mol. The third-order valence-electron chi connectivity index (χ3n) is 2.13. The molecule has 0 amide bonds. The average Bonchev–Trinajstić information content (AvgIpc) is 2.15. The first-order valence-corrected chi connectivity index (χ1v) is 5.00. The summed E-state index contributed by atoms with van der Waals surface area (Å²) in [5.74, 6) is -1.30. The van der Waals surface area contributed by atoms with E-state index >= 15 is 0 Å². The molecule has 2 aromatic rings. The lowest BCUT2D eigenvalue weighted by molar-refractivity contribution is 0.0695. The Morgan fingerprint density at radius 3 is 2.62 bits per heavy atom. The third-order valence-corrected chi connectivity index (χ3v) is 2.65. The van der Waals surface area contributed by atoms with Gasteiger partial charge in [0.15, 0.2) is 0 Å². The van der Waals surface area contributed by atoms with Crippen molar-refractivity contribution in [2.75, 3.05) is 0 Å². The number of pyridine rings is 1. The fourth-order valence-corrected chi connectivity index (χ4v) is 2.01. The number of carboxylic acid groups (broad SMARTS) is 1. The number of aromatic carboxylic acids is 1. The number of carbonyl (C=O) groups is 1. The van der Waals surface area contributed by atoms with Crippen molar-refractivity contribution in [2.45, 2.75) is 0 Å². The number of H-pyrrole nitrogens is 1. The maximum absolute atomic E-state index is 11.8. The Morgan fingerprint density at radius 1 is 1.31 bits per heavy atom. The molecule has 1 aromatic heterocycles. The Bertz CT molecular complexity index is 648. The number of benzene rings is 1. The molecule has 0 radical (unpaired) electrons. The molecule has 0 unspecified atom stereocenters. The molecule has 4 nitrogen and oxygen atoms in total. The molecule has 82 valence electrons. The van der Waals surface area contributed by atoms with E-state index in [2.05, 4.69) is 4.98 Å². The van der Waals surface area contributed by atoms with Crippen LogP contribution < -0.4 is 5.43 Å². The second kappa shape index (κ2) is 3.81. The van der Waals surface area contributed by atoms with Crippen LogP contribution in [0.1, 0.15) is 10.4 Å². The van der Waals surface area contributed by atoms with E-state index in [9.17, 15) is 9.59 Å².